The molecule has 1 N–H and O–H groups in total. The SMILES string of the molecule is Cc1nn(C)c(C)c1CCC(=O)Nc1ccc(N(C)C)nc1. The number of aromatic nitrogens is 3. The van der Waals surface area contributed by atoms with E-state index in [2.05, 4.69) is 15.4 Å². The molecule has 1 amide bonds. The molecule has 0 atom stereocenters. The Morgan fingerprint density at radius 3 is 2.55 bits per heavy atom. The number of carbonyl (C=O) groups is 1. The van der Waals surface area contributed by atoms with Crippen molar-refractivity contribution < 1.29 is 4.79 Å². The Morgan fingerprint density at radius 1 is 1.32 bits per heavy atom. The molecule has 0 fully saturated rings. The summed E-state index contributed by atoms with van der Waals surface area (Å²) >= 11 is 0. The first-order valence-corrected chi connectivity index (χ1v) is 7.30. The van der Waals surface area contributed by atoms with E-state index in [9.17, 15) is 4.79 Å². The molecule has 0 unspecified atom stereocenters. The average Bonchev–Trinajstić information content (AvgIpc) is 2.70. The Balaban J connectivity index is 1.93. The van der Waals surface area contributed by atoms with Crippen molar-refractivity contribution in [3.8, 4) is 0 Å². The van der Waals surface area contributed by atoms with Crippen LogP contribution in [-0.2, 0) is 18.3 Å². The van der Waals surface area contributed by atoms with Gasteiger partial charge in [-0.1, -0.05) is 0 Å². The van der Waals surface area contributed by atoms with Gasteiger partial charge >= 0.3 is 0 Å². The molecule has 2 rings (SSSR count). The van der Waals surface area contributed by atoms with Gasteiger partial charge in [0.15, 0.2) is 0 Å². The van der Waals surface area contributed by atoms with E-state index < -0.39 is 0 Å². The Morgan fingerprint density at radius 2 is 2.05 bits per heavy atom. The fraction of sp³-hybridized carbons (Fsp3) is 0.438. The van der Waals surface area contributed by atoms with E-state index in [-0.39, 0.29) is 5.91 Å². The summed E-state index contributed by atoms with van der Waals surface area (Å²) in [6.45, 7) is 4.00. The summed E-state index contributed by atoms with van der Waals surface area (Å²) in [6.07, 6.45) is 2.80. The summed E-state index contributed by atoms with van der Waals surface area (Å²) in [7, 11) is 5.78. The highest BCUT2D eigenvalue weighted by Crippen LogP contribution is 2.15. The largest absolute Gasteiger partial charge is 0.363 e. The van der Waals surface area contributed by atoms with E-state index in [1.807, 2.05) is 56.7 Å². The normalized spacial score (nSPS) is 10.6. The fourth-order valence-corrected chi connectivity index (χ4v) is 2.37. The minimum atomic E-state index is -0.0120. The van der Waals surface area contributed by atoms with Gasteiger partial charge in [0.05, 0.1) is 17.6 Å². The topological polar surface area (TPSA) is 63.1 Å². The lowest BCUT2D eigenvalue weighted by molar-refractivity contribution is -0.116. The molecule has 6 heteroatoms. The maximum atomic E-state index is 12.1. The lowest BCUT2D eigenvalue weighted by Crippen LogP contribution is -2.14. The minimum absolute atomic E-state index is 0.0120. The zero-order valence-corrected chi connectivity index (χ0v) is 13.8. The van der Waals surface area contributed by atoms with Crippen LogP contribution in [0.5, 0.6) is 0 Å². The zero-order chi connectivity index (χ0) is 16.3. The molecule has 22 heavy (non-hydrogen) atoms. The van der Waals surface area contributed by atoms with Crippen molar-refractivity contribution in [2.45, 2.75) is 26.7 Å². The number of amides is 1. The van der Waals surface area contributed by atoms with Gasteiger partial charge in [-0.05, 0) is 38.0 Å². The number of rotatable bonds is 5. The smallest absolute Gasteiger partial charge is 0.224 e. The van der Waals surface area contributed by atoms with E-state index >= 15 is 0 Å². The zero-order valence-electron chi connectivity index (χ0n) is 13.8. The number of carbonyl (C=O) groups excluding carboxylic acids is 1. The number of hydrogen-bond acceptors (Lipinski definition) is 4. The minimum Gasteiger partial charge on any atom is -0.363 e. The molecule has 6 nitrogen and oxygen atoms in total. The molecule has 0 bridgehead atoms. The Kier molecular flexibility index (Phi) is 4.80. The van der Waals surface area contributed by atoms with Crippen molar-refractivity contribution >= 4 is 17.4 Å². The molecular weight excluding hydrogens is 278 g/mol. The number of anilines is 2. The second-order valence-corrected chi connectivity index (χ2v) is 5.62. The summed E-state index contributed by atoms with van der Waals surface area (Å²) in [5, 5.41) is 7.25. The monoisotopic (exact) mass is 301 g/mol. The molecule has 0 aliphatic rings. The van der Waals surface area contributed by atoms with Crippen molar-refractivity contribution in [3.05, 3.63) is 35.3 Å². The summed E-state index contributed by atoms with van der Waals surface area (Å²) in [5.41, 5.74) is 3.97. The maximum Gasteiger partial charge on any atom is 0.224 e. The van der Waals surface area contributed by atoms with Crippen molar-refractivity contribution in [2.75, 3.05) is 24.3 Å². The summed E-state index contributed by atoms with van der Waals surface area (Å²) in [5.74, 6) is 0.849. The lowest BCUT2D eigenvalue weighted by atomic mass is 10.1. The molecule has 2 heterocycles. The van der Waals surface area contributed by atoms with Crippen LogP contribution in [0.4, 0.5) is 11.5 Å². The van der Waals surface area contributed by atoms with Gasteiger partial charge in [0.25, 0.3) is 0 Å². The summed E-state index contributed by atoms with van der Waals surface area (Å²) in [6, 6.07) is 3.74. The van der Waals surface area contributed by atoms with Crippen molar-refractivity contribution in [3.63, 3.8) is 0 Å². The molecule has 2 aromatic rings. The number of aryl methyl sites for hydroxylation is 2. The first-order chi connectivity index (χ1) is 10.4. The fourth-order valence-electron chi connectivity index (χ4n) is 2.37. The van der Waals surface area contributed by atoms with Gasteiger partial charge in [-0.15, -0.1) is 0 Å². The van der Waals surface area contributed by atoms with Crippen molar-refractivity contribution in [2.24, 2.45) is 7.05 Å². The average molecular weight is 301 g/mol. The van der Waals surface area contributed by atoms with Crippen LogP contribution in [0.3, 0.4) is 0 Å². The number of hydrogen-bond donors (Lipinski definition) is 1. The van der Waals surface area contributed by atoms with Gasteiger partial charge in [-0.3, -0.25) is 9.48 Å². The van der Waals surface area contributed by atoms with Crippen LogP contribution in [0, 0.1) is 13.8 Å². The summed E-state index contributed by atoms with van der Waals surface area (Å²) < 4.78 is 1.85. The molecule has 0 aromatic carbocycles. The number of pyridine rings is 1. The number of nitrogens with one attached hydrogen (secondary N) is 1. The third-order valence-electron chi connectivity index (χ3n) is 3.75. The predicted molar refractivity (Wildman–Crippen MR) is 88.2 cm³/mol. The van der Waals surface area contributed by atoms with Gasteiger partial charge in [-0.2, -0.15) is 5.10 Å². The third kappa shape index (κ3) is 3.63. The van der Waals surface area contributed by atoms with E-state index in [1.165, 1.54) is 0 Å². The van der Waals surface area contributed by atoms with E-state index in [4.69, 9.17) is 0 Å². The highest BCUT2D eigenvalue weighted by atomic mass is 16.1. The molecule has 0 saturated heterocycles. The predicted octanol–water partition coefficient (Wildman–Crippen LogP) is 2.07. The van der Waals surface area contributed by atoms with Crippen LogP contribution in [-0.4, -0.2) is 34.8 Å². The van der Waals surface area contributed by atoms with Crippen LogP contribution in [0.1, 0.15) is 23.4 Å². The van der Waals surface area contributed by atoms with Crippen molar-refractivity contribution in [1.82, 2.24) is 14.8 Å². The highest BCUT2D eigenvalue weighted by Gasteiger charge is 2.11. The lowest BCUT2D eigenvalue weighted by Gasteiger charge is -2.11. The Hall–Kier alpha value is -2.37. The van der Waals surface area contributed by atoms with Crippen molar-refractivity contribution in [1.29, 1.82) is 0 Å². The van der Waals surface area contributed by atoms with E-state index in [1.54, 1.807) is 6.20 Å². The van der Waals surface area contributed by atoms with Crippen LogP contribution in [0.15, 0.2) is 18.3 Å². The third-order valence-corrected chi connectivity index (χ3v) is 3.75. The number of nitrogens with zero attached hydrogens (tertiary/aromatic N) is 4. The van der Waals surface area contributed by atoms with E-state index in [0.717, 1.165) is 28.5 Å². The first-order valence-electron chi connectivity index (χ1n) is 7.30. The molecule has 2 aromatic heterocycles. The molecule has 0 spiro atoms. The van der Waals surface area contributed by atoms with E-state index in [0.29, 0.717) is 12.8 Å². The van der Waals surface area contributed by atoms with Gasteiger partial charge < -0.3 is 10.2 Å². The first kappa shape index (κ1) is 16.0. The quantitative estimate of drug-likeness (QED) is 0.918. The van der Waals surface area contributed by atoms with Crippen LogP contribution < -0.4 is 10.2 Å². The molecule has 0 saturated carbocycles. The van der Waals surface area contributed by atoms with Crippen LogP contribution >= 0.6 is 0 Å². The second-order valence-electron chi connectivity index (χ2n) is 5.62. The van der Waals surface area contributed by atoms with Crippen LogP contribution in [0.25, 0.3) is 0 Å². The van der Waals surface area contributed by atoms with Gasteiger partial charge in [0, 0.05) is 33.3 Å². The highest BCUT2D eigenvalue weighted by molar-refractivity contribution is 5.90. The summed E-state index contributed by atoms with van der Waals surface area (Å²) in [4.78, 5) is 18.3. The molecular formula is C16H23N5O. The standard InChI is InChI=1S/C16H23N5O/c1-11-14(12(2)21(5)19-11)7-9-16(22)18-13-6-8-15(17-10-13)20(3)4/h6,8,10H,7,9H2,1-5H3,(H,18,22). The van der Waals surface area contributed by atoms with Gasteiger partial charge in [0.1, 0.15) is 5.82 Å². The van der Waals surface area contributed by atoms with Gasteiger partial charge in [0.2, 0.25) is 5.91 Å². The molecule has 118 valence electrons. The van der Waals surface area contributed by atoms with Gasteiger partial charge in [-0.25, -0.2) is 4.98 Å². The molecule has 0 radical (unpaired) electrons. The van der Waals surface area contributed by atoms with Crippen LogP contribution in [0.2, 0.25) is 0 Å². The maximum absolute atomic E-state index is 12.1. The molecule has 0 aliphatic carbocycles. The Bertz CT molecular complexity index is 658. The second kappa shape index (κ2) is 6.60. The molecule has 0 aliphatic heterocycles. The Labute approximate surface area is 131 Å².